The van der Waals surface area contributed by atoms with E-state index >= 15 is 0 Å². The highest BCUT2D eigenvalue weighted by molar-refractivity contribution is 7.09. The first-order valence-electron chi connectivity index (χ1n) is 6.85. The van der Waals surface area contributed by atoms with Gasteiger partial charge in [0.25, 0.3) is 0 Å². The molecule has 1 unspecified atom stereocenters. The van der Waals surface area contributed by atoms with Gasteiger partial charge >= 0.3 is 0 Å². The van der Waals surface area contributed by atoms with Gasteiger partial charge in [0, 0.05) is 35.1 Å². The van der Waals surface area contributed by atoms with Crippen molar-refractivity contribution in [3.63, 3.8) is 0 Å². The topological polar surface area (TPSA) is 29.3 Å². The van der Waals surface area contributed by atoms with Gasteiger partial charge in [-0.05, 0) is 49.0 Å². The fourth-order valence-corrected chi connectivity index (χ4v) is 3.32. The molecule has 0 fully saturated rings. The van der Waals surface area contributed by atoms with Crippen LogP contribution in [0.2, 0.25) is 5.02 Å². The Labute approximate surface area is 130 Å². The van der Waals surface area contributed by atoms with E-state index in [0.717, 1.165) is 17.9 Å². The van der Waals surface area contributed by atoms with Crippen LogP contribution in [0.15, 0.2) is 35.7 Å². The Kier molecular flexibility index (Phi) is 5.46. The van der Waals surface area contributed by atoms with Crippen LogP contribution in [0.5, 0.6) is 0 Å². The van der Waals surface area contributed by atoms with E-state index in [4.69, 9.17) is 17.3 Å². The summed E-state index contributed by atoms with van der Waals surface area (Å²) in [7, 11) is 2.13. The molecule has 2 nitrogen and oxygen atoms in total. The van der Waals surface area contributed by atoms with Crippen LogP contribution in [0.25, 0.3) is 0 Å². The second-order valence-corrected chi connectivity index (χ2v) is 6.52. The largest absolute Gasteiger partial charge is 0.371 e. The standard InChI is InChI=1S/C16H21ClN2S/c1-12(10-15-4-3-9-20-15)19(2)16-11-14(17)6-5-13(16)7-8-18/h3-6,9,11-12H,7-8,10,18H2,1-2H3. The third-order valence-corrected chi connectivity index (χ3v) is 4.71. The minimum Gasteiger partial charge on any atom is -0.371 e. The van der Waals surface area contributed by atoms with Crippen LogP contribution in [0, 0.1) is 0 Å². The first-order chi connectivity index (χ1) is 9.61. The van der Waals surface area contributed by atoms with Crippen molar-refractivity contribution in [1.82, 2.24) is 0 Å². The fourth-order valence-electron chi connectivity index (χ4n) is 2.33. The molecule has 1 heterocycles. The van der Waals surface area contributed by atoms with E-state index in [0.29, 0.717) is 12.6 Å². The van der Waals surface area contributed by atoms with Crippen LogP contribution in [-0.4, -0.2) is 19.6 Å². The van der Waals surface area contributed by atoms with Gasteiger partial charge in [-0.2, -0.15) is 0 Å². The van der Waals surface area contributed by atoms with E-state index in [1.54, 1.807) is 0 Å². The van der Waals surface area contributed by atoms with Gasteiger partial charge < -0.3 is 10.6 Å². The van der Waals surface area contributed by atoms with Gasteiger partial charge in [0.15, 0.2) is 0 Å². The number of halogens is 1. The molecule has 0 aliphatic rings. The smallest absolute Gasteiger partial charge is 0.0426 e. The second kappa shape index (κ2) is 7.11. The fraction of sp³-hybridized carbons (Fsp3) is 0.375. The number of nitrogens with two attached hydrogens (primary N) is 1. The van der Waals surface area contributed by atoms with Crippen LogP contribution in [-0.2, 0) is 12.8 Å². The Morgan fingerprint density at radius 3 is 2.80 bits per heavy atom. The summed E-state index contributed by atoms with van der Waals surface area (Å²) in [5.74, 6) is 0. The SMILES string of the molecule is CC(Cc1cccs1)N(C)c1cc(Cl)ccc1CCN. The van der Waals surface area contributed by atoms with Gasteiger partial charge in [-0.25, -0.2) is 0 Å². The number of benzene rings is 1. The van der Waals surface area contributed by atoms with Gasteiger partial charge in [0.05, 0.1) is 0 Å². The van der Waals surface area contributed by atoms with Crippen molar-refractivity contribution in [2.75, 3.05) is 18.5 Å². The van der Waals surface area contributed by atoms with E-state index in [-0.39, 0.29) is 0 Å². The van der Waals surface area contributed by atoms with Gasteiger partial charge in [0.2, 0.25) is 0 Å². The summed E-state index contributed by atoms with van der Waals surface area (Å²) in [6.45, 7) is 2.90. The zero-order valence-electron chi connectivity index (χ0n) is 12.0. The maximum absolute atomic E-state index is 6.15. The van der Waals surface area contributed by atoms with E-state index < -0.39 is 0 Å². The lowest BCUT2D eigenvalue weighted by Crippen LogP contribution is -2.31. The predicted molar refractivity (Wildman–Crippen MR) is 90.1 cm³/mol. The molecule has 2 rings (SSSR count). The summed E-state index contributed by atoms with van der Waals surface area (Å²) >= 11 is 7.96. The zero-order valence-corrected chi connectivity index (χ0v) is 13.5. The van der Waals surface area contributed by atoms with Crippen LogP contribution < -0.4 is 10.6 Å². The first kappa shape index (κ1) is 15.4. The van der Waals surface area contributed by atoms with Gasteiger partial charge in [0.1, 0.15) is 0 Å². The third kappa shape index (κ3) is 3.75. The van der Waals surface area contributed by atoms with Crippen LogP contribution in [0.1, 0.15) is 17.4 Å². The first-order valence-corrected chi connectivity index (χ1v) is 8.11. The highest BCUT2D eigenvalue weighted by atomic mass is 35.5. The molecular weight excluding hydrogens is 288 g/mol. The van der Waals surface area contributed by atoms with E-state index in [1.165, 1.54) is 16.1 Å². The van der Waals surface area contributed by atoms with Gasteiger partial charge in [-0.3, -0.25) is 0 Å². The molecule has 0 saturated heterocycles. The minimum absolute atomic E-state index is 0.420. The van der Waals surface area contributed by atoms with Crippen LogP contribution in [0.3, 0.4) is 0 Å². The number of thiophene rings is 1. The third-order valence-electron chi connectivity index (χ3n) is 3.58. The van der Waals surface area contributed by atoms with E-state index in [1.807, 2.05) is 23.5 Å². The molecule has 4 heteroatoms. The summed E-state index contributed by atoms with van der Waals surface area (Å²) in [5.41, 5.74) is 8.15. The molecule has 0 radical (unpaired) electrons. The molecule has 1 atom stereocenters. The lowest BCUT2D eigenvalue weighted by molar-refractivity contribution is 0.685. The van der Waals surface area contributed by atoms with E-state index in [9.17, 15) is 0 Å². The Morgan fingerprint density at radius 2 is 2.15 bits per heavy atom. The summed E-state index contributed by atoms with van der Waals surface area (Å²) in [6.07, 6.45) is 1.92. The molecule has 0 aliphatic heterocycles. The molecule has 0 bridgehead atoms. The maximum atomic E-state index is 6.15. The van der Waals surface area contributed by atoms with Crippen molar-refractivity contribution in [2.45, 2.75) is 25.8 Å². The van der Waals surface area contributed by atoms with E-state index in [2.05, 4.69) is 42.5 Å². The molecule has 2 aromatic rings. The van der Waals surface area contributed by atoms with Crippen molar-refractivity contribution in [3.05, 3.63) is 51.2 Å². The molecule has 108 valence electrons. The van der Waals surface area contributed by atoms with Crippen molar-refractivity contribution in [3.8, 4) is 0 Å². The van der Waals surface area contributed by atoms with Crippen molar-refractivity contribution in [2.24, 2.45) is 5.73 Å². The second-order valence-electron chi connectivity index (χ2n) is 5.06. The zero-order chi connectivity index (χ0) is 14.5. The number of nitrogens with zero attached hydrogens (tertiary/aromatic N) is 1. The van der Waals surface area contributed by atoms with Crippen LogP contribution in [0.4, 0.5) is 5.69 Å². The number of anilines is 1. The summed E-state index contributed by atoms with van der Waals surface area (Å²) in [6, 6.07) is 10.8. The number of hydrogen-bond acceptors (Lipinski definition) is 3. The molecule has 0 aliphatic carbocycles. The lowest BCUT2D eigenvalue weighted by atomic mass is 10.1. The molecule has 0 saturated carbocycles. The highest BCUT2D eigenvalue weighted by Gasteiger charge is 2.15. The highest BCUT2D eigenvalue weighted by Crippen LogP contribution is 2.27. The average Bonchev–Trinajstić information content (AvgIpc) is 2.93. The summed E-state index contributed by atoms with van der Waals surface area (Å²) in [4.78, 5) is 3.71. The quantitative estimate of drug-likeness (QED) is 0.875. The molecule has 1 aromatic carbocycles. The summed E-state index contributed by atoms with van der Waals surface area (Å²) in [5, 5.41) is 2.90. The lowest BCUT2D eigenvalue weighted by Gasteiger charge is -2.29. The minimum atomic E-state index is 0.420. The average molecular weight is 309 g/mol. The number of rotatable bonds is 6. The van der Waals surface area contributed by atoms with Crippen molar-refractivity contribution in [1.29, 1.82) is 0 Å². The Balaban J connectivity index is 2.18. The molecule has 2 N–H and O–H groups in total. The Hall–Kier alpha value is -1.03. The molecule has 20 heavy (non-hydrogen) atoms. The maximum Gasteiger partial charge on any atom is 0.0426 e. The molecule has 0 spiro atoms. The number of hydrogen-bond donors (Lipinski definition) is 1. The Morgan fingerprint density at radius 1 is 1.35 bits per heavy atom. The Bertz CT molecular complexity index is 539. The van der Waals surface area contributed by atoms with Crippen molar-refractivity contribution < 1.29 is 0 Å². The van der Waals surface area contributed by atoms with Crippen LogP contribution >= 0.6 is 22.9 Å². The van der Waals surface area contributed by atoms with Crippen molar-refractivity contribution >= 4 is 28.6 Å². The molecular formula is C16H21ClN2S. The van der Waals surface area contributed by atoms with Gasteiger partial charge in [-0.15, -0.1) is 11.3 Å². The number of likely N-dealkylation sites (N-methyl/N-ethyl adjacent to an activating group) is 1. The molecule has 0 amide bonds. The molecule has 1 aromatic heterocycles. The monoisotopic (exact) mass is 308 g/mol. The summed E-state index contributed by atoms with van der Waals surface area (Å²) < 4.78 is 0. The normalized spacial score (nSPS) is 12.4. The predicted octanol–water partition coefficient (Wildman–Crippen LogP) is 3.97. The van der Waals surface area contributed by atoms with Gasteiger partial charge in [-0.1, -0.05) is 23.7 Å².